The minimum Gasteiger partial charge on any atom is -0.493 e. The third kappa shape index (κ3) is 3.53. The molecule has 1 aromatic heterocycles. The van der Waals surface area contributed by atoms with E-state index in [1.54, 1.807) is 19.1 Å². The lowest BCUT2D eigenvalue weighted by molar-refractivity contribution is 0.102. The minimum absolute atomic E-state index is 0.0701. The molecule has 0 saturated carbocycles. The average Bonchev–Trinajstić information content (AvgIpc) is 2.69. The van der Waals surface area contributed by atoms with Crippen molar-refractivity contribution in [2.45, 2.75) is 13.5 Å². The molecule has 0 aliphatic carbocycles. The smallest absolute Gasteiger partial charge is 0.258 e. The monoisotopic (exact) mass is 404 g/mol. The van der Waals surface area contributed by atoms with Crippen molar-refractivity contribution in [3.05, 3.63) is 63.3 Å². The Kier molecular flexibility index (Phi) is 5.56. The van der Waals surface area contributed by atoms with Crippen LogP contribution in [0, 0.1) is 5.82 Å². The van der Waals surface area contributed by atoms with Crippen molar-refractivity contribution in [1.82, 2.24) is 4.57 Å². The van der Waals surface area contributed by atoms with Crippen LogP contribution in [0.2, 0.25) is 5.02 Å². The molecule has 28 heavy (non-hydrogen) atoms. The van der Waals surface area contributed by atoms with Crippen LogP contribution in [-0.4, -0.2) is 24.7 Å². The van der Waals surface area contributed by atoms with Gasteiger partial charge in [0, 0.05) is 18.1 Å². The van der Waals surface area contributed by atoms with Gasteiger partial charge in [-0.2, -0.15) is 0 Å². The van der Waals surface area contributed by atoms with E-state index < -0.39 is 11.7 Å². The molecule has 0 fully saturated rings. The first-order chi connectivity index (χ1) is 13.4. The fourth-order valence-corrected chi connectivity index (χ4v) is 3.13. The summed E-state index contributed by atoms with van der Waals surface area (Å²) in [6.45, 7) is 2.17. The highest BCUT2D eigenvalue weighted by molar-refractivity contribution is 6.34. The zero-order valence-electron chi connectivity index (χ0n) is 15.5. The normalized spacial score (nSPS) is 10.8. The number of benzene rings is 2. The molecular formula is C20H18ClFN2O4. The topological polar surface area (TPSA) is 69.6 Å². The third-order valence-electron chi connectivity index (χ3n) is 4.35. The molecule has 0 spiro atoms. The van der Waals surface area contributed by atoms with Gasteiger partial charge in [-0.3, -0.25) is 9.59 Å². The maximum atomic E-state index is 13.3. The summed E-state index contributed by atoms with van der Waals surface area (Å²) in [5.41, 5.74) is 0.253. The summed E-state index contributed by atoms with van der Waals surface area (Å²) in [6, 6.07) is 6.80. The molecule has 146 valence electrons. The molecule has 2 aromatic carbocycles. The van der Waals surface area contributed by atoms with Gasteiger partial charge in [-0.1, -0.05) is 11.6 Å². The van der Waals surface area contributed by atoms with Crippen molar-refractivity contribution in [3.8, 4) is 11.5 Å². The number of ether oxygens (including phenoxy) is 2. The molecule has 1 N–H and O–H groups in total. The number of methoxy groups -OCH3 is 2. The van der Waals surface area contributed by atoms with Gasteiger partial charge in [0.15, 0.2) is 11.5 Å². The average molecular weight is 405 g/mol. The highest BCUT2D eigenvalue weighted by Gasteiger charge is 2.19. The number of nitrogens with zero attached hydrogens (tertiary/aromatic N) is 1. The Morgan fingerprint density at radius 2 is 1.79 bits per heavy atom. The summed E-state index contributed by atoms with van der Waals surface area (Å²) in [6.07, 6.45) is 1.48. The summed E-state index contributed by atoms with van der Waals surface area (Å²) < 4.78 is 25.2. The maximum absolute atomic E-state index is 13.3. The Morgan fingerprint density at radius 1 is 1.14 bits per heavy atom. The number of fused-ring (bicyclic) bond motifs is 1. The van der Waals surface area contributed by atoms with Crippen molar-refractivity contribution in [1.29, 1.82) is 0 Å². The van der Waals surface area contributed by atoms with Gasteiger partial charge in [0.2, 0.25) is 0 Å². The van der Waals surface area contributed by atoms with Gasteiger partial charge in [0.05, 0.1) is 35.9 Å². The highest BCUT2D eigenvalue weighted by Crippen LogP contribution is 2.33. The second kappa shape index (κ2) is 7.90. The number of pyridine rings is 1. The lowest BCUT2D eigenvalue weighted by Crippen LogP contribution is -2.23. The second-order valence-corrected chi connectivity index (χ2v) is 6.37. The van der Waals surface area contributed by atoms with Crippen LogP contribution >= 0.6 is 11.6 Å². The molecule has 8 heteroatoms. The fourth-order valence-electron chi connectivity index (χ4n) is 2.91. The van der Waals surface area contributed by atoms with Gasteiger partial charge < -0.3 is 19.4 Å². The molecule has 1 amide bonds. The number of aromatic nitrogens is 1. The van der Waals surface area contributed by atoms with E-state index >= 15 is 0 Å². The maximum Gasteiger partial charge on any atom is 0.258 e. The number of hydrogen-bond acceptors (Lipinski definition) is 4. The standard InChI is InChI=1S/C20H18ClFN2O4/c1-4-24-10-14(19(25)23-16-6-5-11(22)7-15(16)21)12-8-17(27-2)18(28-3)9-13(12)20(24)26/h5-10H,4H2,1-3H3,(H,23,25). The van der Waals surface area contributed by atoms with Crippen molar-refractivity contribution in [3.63, 3.8) is 0 Å². The fraction of sp³-hybridized carbons (Fsp3) is 0.200. The first-order valence-electron chi connectivity index (χ1n) is 8.45. The number of nitrogens with one attached hydrogen (secondary N) is 1. The lowest BCUT2D eigenvalue weighted by atomic mass is 10.1. The number of rotatable bonds is 5. The molecule has 0 aliphatic heterocycles. The number of amides is 1. The van der Waals surface area contributed by atoms with E-state index in [2.05, 4.69) is 5.32 Å². The summed E-state index contributed by atoms with van der Waals surface area (Å²) >= 11 is 6.00. The molecule has 0 unspecified atom stereocenters. The Morgan fingerprint density at radius 3 is 2.36 bits per heavy atom. The summed E-state index contributed by atoms with van der Waals surface area (Å²) in [7, 11) is 2.93. The van der Waals surface area contributed by atoms with E-state index in [0.717, 1.165) is 6.07 Å². The summed E-state index contributed by atoms with van der Waals surface area (Å²) in [5.74, 6) is -0.232. The van der Waals surface area contributed by atoms with Crippen molar-refractivity contribution < 1.29 is 18.7 Å². The quantitative estimate of drug-likeness (QED) is 0.695. The summed E-state index contributed by atoms with van der Waals surface area (Å²) in [5, 5.41) is 3.45. The van der Waals surface area contributed by atoms with E-state index in [1.807, 2.05) is 0 Å². The van der Waals surface area contributed by atoms with Crippen LogP contribution in [0.5, 0.6) is 11.5 Å². The predicted octanol–water partition coefficient (Wildman–Crippen LogP) is 4.08. The van der Waals surface area contributed by atoms with E-state index in [1.165, 1.54) is 37.1 Å². The van der Waals surface area contributed by atoms with Crippen LogP contribution in [0.4, 0.5) is 10.1 Å². The van der Waals surface area contributed by atoms with Crippen molar-refractivity contribution in [2.24, 2.45) is 0 Å². The molecule has 0 atom stereocenters. The van der Waals surface area contributed by atoms with E-state index in [0.29, 0.717) is 28.8 Å². The van der Waals surface area contributed by atoms with Crippen molar-refractivity contribution >= 4 is 34.0 Å². The van der Waals surface area contributed by atoms with E-state index in [4.69, 9.17) is 21.1 Å². The van der Waals surface area contributed by atoms with Gasteiger partial charge in [-0.15, -0.1) is 0 Å². The number of hydrogen-bond donors (Lipinski definition) is 1. The van der Waals surface area contributed by atoms with Crippen molar-refractivity contribution in [2.75, 3.05) is 19.5 Å². The van der Waals surface area contributed by atoms with Gasteiger partial charge in [-0.25, -0.2) is 4.39 Å². The highest BCUT2D eigenvalue weighted by atomic mass is 35.5. The summed E-state index contributed by atoms with van der Waals surface area (Å²) in [4.78, 5) is 25.7. The first-order valence-corrected chi connectivity index (χ1v) is 8.83. The molecular weight excluding hydrogens is 387 g/mol. The predicted molar refractivity (Wildman–Crippen MR) is 106 cm³/mol. The molecule has 6 nitrogen and oxygen atoms in total. The zero-order valence-corrected chi connectivity index (χ0v) is 16.3. The largest absolute Gasteiger partial charge is 0.493 e. The van der Waals surface area contributed by atoms with Gasteiger partial charge in [-0.05, 0) is 37.3 Å². The molecule has 3 rings (SSSR count). The molecule has 1 heterocycles. The number of carbonyl (C=O) groups excluding carboxylic acids is 1. The third-order valence-corrected chi connectivity index (χ3v) is 4.67. The van der Waals surface area contributed by atoms with Gasteiger partial charge in [0.1, 0.15) is 5.82 Å². The molecule has 3 aromatic rings. The van der Waals surface area contributed by atoms with Crippen LogP contribution < -0.4 is 20.3 Å². The van der Waals surface area contributed by atoms with Crippen LogP contribution in [-0.2, 0) is 6.54 Å². The van der Waals surface area contributed by atoms with Gasteiger partial charge >= 0.3 is 0 Å². The van der Waals surface area contributed by atoms with Crippen LogP contribution in [0.15, 0.2) is 41.3 Å². The Labute approximate surface area is 165 Å². The molecule has 0 saturated heterocycles. The van der Waals surface area contributed by atoms with Crippen LogP contribution in [0.1, 0.15) is 17.3 Å². The number of carbonyl (C=O) groups is 1. The number of anilines is 1. The number of halogens is 2. The molecule has 0 radical (unpaired) electrons. The lowest BCUT2D eigenvalue weighted by Gasteiger charge is -2.15. The number of aryl methyl sites for hydroxylation is 1. The van der Waals surface area contributed by atoms with Crippen LogP contribution in [0.25, 0.3) is 10.8 Å². The Hall–Kier alpha value is -3.06. The Balaban J connectivity index is 2.19. The first kappa shape index (κ1) is 19.7. The van der Waals surface area contributed by atoms with E-state index in [9.17, 15) is 14.0 Å². The molecule has 0 bridgehead atoms. The minimum atomic E-state index is -0.509. The Bertz CT molecular complexity index is 1130. The second-order valence-electron chi connectivity index (χ2n) is 5.97. The van der Waals surface area contributed by atoms with Gasteiger partial charge in [0.25, 0.3) is 11.5 Å². The molecule has 0 aliphatic rings. The van der Waals surface area contributed by atoms with Crippen LogP contribution in [0.3, 0.4) is 0 Å². The SMILES string of the molecule is CCn1cc(C(=O)Nc2ccc(F)cc2Cl)c2cc(OC)c(OC)cc2c1=O. The van der Waals surface area contributed by atoms with E-state index in [-0.39, 0.29) is 21.8 Å². The zero-order chi connectivity index (χ0) is 20.4.